The SMILES string of the molecule is CCOc1cc(/C=C2\C(=O)NC(=O)N(c3cccc(C)c3)C2=O)ccc1OCCOc1ccc(C)cc1. The second-order valence-electron chi connectivity index (χ2n) is 8.45. The molecule has 0 aromatic heterocycles. The lowest BCUT2D eigenvalue weighted by atomic mass is 10.1. The Morgan fingerprint density at radius 1 is 0.811 bits per heavy atom. The van der Waals surface area contributed by atoms with Gasteiger partial charge < -0.3 is 14.2 Å². The number of carbonyl (C=O) groups is 3. The zero-order valence-electron chi connectivity index (χ0n) is 20.9. The molecule has 1 saturated heterocycles. The Hall–Kier alpha value is -4.59. The number of ether oxygens (including phenoxy) is 3. The first-order chi connectivity index (χ1) is 17.9. The Morgan fingerprint density at radius 3 is 2.30 bits per heavy atom. The fourth-order valence-electron chi connectivity index (χ4n) is 3.77. The van der Waals surface area contributed by atoms with E-state index in [4.69, 9.17) is 14.2 Å². The molecule has 0 unspecified atom stereocenters. The lowest BCUT2D eigenvalue weighted by Gasteiger charge is -2.26. The zero-order valence-corrected chi connectivity index (χ0v) is 20.9. The van der Waals surface area contributed by atoms with E-state index in [2.05, 4.69) is 5.32 Å². The maximum absolute atomic E-state index is 13.2. The van der Waals surface area contributed by atoms with E-state index in [-0.39, 0.29) is 5.57 Å². The van der Waals surface area contributed by atoms with Crippen molar-refractivity contribution in [3.8, 4) is 17.2 Å². The van der Waals surface area contributed by atoms with E-state index >= 15 is 0 Å². The summed E-state index contributed by atoms with van der Waals surface area (Å²) in [6.45, 7) is 6.74. The largest absolute Gasteiger partial charge is 0.490 e. The van der Waals surface area contributed by atoms with Crippen molar-refractivity contribution in [3.63, 3.8) is 0 Å². The lowest BCUT2D eigenvalue weighted by Crippen LogP contribution is -2.54. The number of urea groups is 1. The van der Waals surface area contributed by atoms with Gasteiger partial charge in [-0.2, -0.15) is 0 Å². The molecule has 0 bridgehead atoms. The number of nitrogens with one attached hydrogen (secondary N) is 1. The van der Waals surface area contributed by atoms with Crippen molar-refractivity contribution in [2.75, 3.05) is 24.7 Å². The number of benzene rings is 3. The summed E-state index contributed by atoms with van der Waals surface area (Å²) in [6, 6.07) is 19.0. The summed E-state index contributed by atoms with van der Waals surface area (Å²) >= 11 is 0. The van der Waals surface area contributed by atoms with Crippen molar-refractivity contribution in [3.05, 3.63) is 89.0 Å². The molecule has 0 radical (unpaired) electrons. The van der Waals surface area contributed by atoms with Crippen molar-refractivity contribution in [1.82, 2.24) is 5.32 Å². The predicted octanol–water partition coefficient (Wildman–Crippen LogP) is 4.83. The van der Waals surface area contributed by atoms with E-state index in [1.807, 2.05) is 51.1 Å². The van der Waals surface area contributed by atoms with Gasteiger partial charge in [-0.3, -0.25) is 14.9 Å². The third kappa shape index (κ3) is 6.16. The molecule has 0 spiro atoms. The van der Waals surface area contributed by atoms with Gasteiger partial charge in [-0.25, -0.2) is 9.69 Å². The number of rotatable bonds is 9. The van der Waals surface area contributed by atoms with Crippen molar-refractivity contribution >= 4 is 29.6 Å². The predicted molar refractivity (Wildman–Crippen MR) is 140 cm³/mol. The van der Waals surface area contributed by atoms with Gasteiger partial charge in [0.25, 0.3) is 11.8 Å². The summed E-state index contributed by atoms with van der Waals surface area (Å²) in [7, 11) is 0. The highest BCUT2D eigenvalue weighted by atomic mass is 16.5. The second-order valence-corrected chi connectivity index (χ2v) is 8.45. The van der Waals surface area contributed by atoms with E-state index < -0.39 is 17.8 Å². The molecule has 37 heavy (non-hydrogen) atoms. The summed E-state index contributed by atoms with van der Waals surface area (Å²) in [5.41, 5.74) is 2.80. The average molecular weight is 501 g/mol. The Labute approximate surface area is 215 Å². The van der Waals surface area contributed by atoms with E-state index in [1.165, 1.54) is 6.08 Å². The minimum Gasteiger partial charge on any atom is -0.490 e. The quantitative estimate of drug-likeness (QED) is 0.257. The summed E-state index contributed by atoms with van der Waals surface area (Å²) in [5, 5.41) is 2.24. The summed E-state index contributed by atoms with van der Waals surface area (Å²) in [5.74, 6) is 0.265. The van der Waals surface area contributed by atoms with Gasteiger partial charge in [-0.05, 0) is 74.4 Å². The molecule has 4 amide bonds. The number of hydrogen-bond acceptors (Lipinski definition) is 6. The van der Waals surface area contributed by atoms with Crippen LogP contribution in [-0.4, -0.2) is 37.7 Å². The van der Waals surface area contributed by atoms with Gasteiger partial charge in [0.05, 0.1) is 12.3 Å². The van der Waals surface area contributed by atoms with Crippen LogP contribution >= 0.6 is 0 Å². The van der Waals surface area contributed by atoms with Crippen LogP contribution in [0.25, 0.3) is 6.08 Å². The van der Waals surface area contributed by atoms with Gasteiger partial charge in [-0.1, -0.05) is 35.9 Å². The molecule has 4 rings (SSSR count). The zero-order chi connectivity index (χ0) is 26.4. The van der Waals surface area contributed by atoms with Crippen LogP contribution in [-0.2, 0) is 9.59 Å². The molecular weight excluding hydrogens is 472 g/mol. The van der Waals surface area contributed by atoms with Crippen molar-refractivity contribution in [2.24, 2.45) is 0 Å². The van der Waals surface area contributed by atoms with Crippen LogP contribution in [0.2, 0.25) is 0 Å². The fourth-order valence-corrected chi connectivity index (χ4v) is 3.77. The van der Waals surface area contributed by atoms with Crippen molar-refractivity contribution < 1.29 is 28.6 Å². The minimum absolute atomic E-state index is 0.163. The number of imide groups is 2. The summed E-state index contributed by atoms with van der Waals surface area (Å²) < 4.78 is 17.3. The molecule has 1 aliphatic heterocycles. The van der Waals surface area contributed by atoms with Crippen LogP contribution in [0.5, 0.6) is 17.2 Å². The number of barbiturate groups is 1. The number of carbonyl (C=O) groups excluding carboxylic acids is 3. The number of amides is 4. The average Bonchev–Trinajstić information content (AvgIpc) is 2.86. The minimum atomic E-state index is -0.788. The number of nitrogens with zero attached hydrogens (tertiary/aromatic N) is 1. The van der Waals surface area contributed by atoms with E-state index in [1.54, 1.807) is 36.4 Å². The molecule has 1 fully saturated rings. The third-order valence-electron chi connectivity index (χ3n) is 5.57. The first kappa shape index (κ1) is 25.5. The third-order valence-corrected chi connectivity index (χ3v) is 5.57. The molecule has 3 aromatic carbocycles. The van der Waals surface area contributed by atoms with Gasteiger partial charge in [0.15, 0.2) is 11.5 Å². The van der Waals surface area contributed by atoms with E-state index in [0.29, 0.717) is 42.6 Å². The molecule has 0 saturated carbocycles. The number of anilines is 1. The summed E-state index contributed by atoms with van der Waals surface area (Å²) in [6.07, 6.45) is 1.43. The number of hydrogen-bond donors (Lipinski definition) is 1. The first-order valence-electron chi connectivity index (χ1n) is 11.9. The van der Waals surface area contributed by atoms with E-state index in [0.717, 1.165) is 21.8 Å². The molecule has 0 atom stereocenters. The Morgan fingerprint density at radius 2 is 1.57 bits per heavy atom. The smallest absolute Gasteiger partial charge is 0.335 e. The van der Waals surface area contributed by atoms with Gasteiger partial charge in [-0.15, -0.1) is 0 Å². The van der Waals surface area contributed by atoms with Crippen LogP contribution in [0.4, 0.5) is 10.5 Å². The summed E-state index contributed by atoms with van der Waals surface area (Å²) in [4.78, 5) is 39.1. The Balaban J connectivity index is 1.50. The molecular formula is C29H28N2O6. The molecule has 1 heterocycles. The fraction of sp³-hybridized carbons (Fsp3) is 0.207. The molecule has 1 N–H and O–H groups in total. The first-order valence-corrected chi connectivity index (χ1v) is 11.9. The second kappa shape index (κ2) is 11.4. The molecule has 1 aliphatic rings. The Bertz CT molecular complexity index is 1350. The molecule has 3 aromatic rings. The van der Waals surface area contributed by atoms with Crippen LogP contribution in [0, 0.1) is 13.8 Å². The van der Waals surface area contributed by atoms with Crippen LogP contribution in [0.15, 0.2) is 72.3 Å². The Kier molecular flexibility index (Phi) is 7.88. The van der Waals surface area contributed by atoms with Crippen LogP contribution in [0.1, 0.15) is 23.6 Å². The van der Waals surface area contributed by atoms with Crippen molar-refractivity contribution in [1.29, 1.82) is 0 Å². The molecule has 8 heteroatoms. The van der Waals surface area contributed by atoms with Gasteiger partial charge in [0, 0.05) is 0 Å². The van der Waals surface area contributed by atoms with Crippen molar-refractivity contribution in [2.45, 2.75) is 20.8 Å². The van der Waals surface area contributed by atoms with Gasteiger partial charge in [0.2, 0.25) is 0 Å². The van der Waals surface area contributed by atoms with Crippen LogP contribution < -0.4 is 24.4 Å². The van der Waals surface area contributed by atoms with Gasteiger partial charge >= 0.3 is 6.03 Å². The highest BCUT2D eigenvalue weighted by molar-refractivity contribution is 6.39. The lowest BCUT2D eigenvalue weighted by molar-refractivity contribution is -0.122. The molecule has 190 valence electrons. The highest BCUT2D eigenvalue weighted by Crippen LogP contribution is 2.30. The standard InChI is InChI=1S/C29H28N2O6/c1-4-35-26-18-21(10-13-25(26)37-15-14-36-23-11-8-19(2)9-12-23)17-24-27(32)30-29(34)31(28(24)33)22-7-5-6-20(3)16-22/h5-13,16-18H,4,14-15H2,1-3H3,(H,30,32,34)/b24-17+. The topological polar surface area (TPSA) is 94.2 Å². The maximum Gasteiger partial charge on any atom is 0.335 e. The molecule has 0 aliphatic carbocycles. The maximum atomic E-state index is 13.2. The number of aryl methyl sites for hydroxylation is 2. The highest BCUT2D eigenvalue weighted by Gasteiger charge is 2.36. The van der Waals surface area contributed by atoms with Gasteiger partial charge in [0.1, 0.15) is 24.5 Å². The van der Waals surface area contributed by atoms with E-state index in [9.17, 15) is 14.4 Å². The monoisotopic (exact) mass is 500 g/mol. The molecule has 8 nitrogen and oxygen atoms in total. The van der Waals surface area contributed by atoms with Crippen LogP contribution in [0.3, 0.4) is 0 Å². The normalized spacial score (nSPS) is 14.5.